The molecule has 9 heteroatoms. The highest BCUT2D eigenvalue weighted by atomic mass is 16.7. The molecule has 0 N–H and O–H groups in total. The number of unbranched alkanes of at least 4 members (excludes halogenated alkanes) is 8. The van der Waals surface area contributed by atoms with E-state index in [-0.39, 0.29) is 36.6 Å². The fraction of sp³-hybridized carbons (Fsp3) is 0.475. The lowest BCUT2D eigenvalue weighted by Gasteiger charge is -2.30. The highest BCUT2D eigenvalue weighted by molar-refractivity contribution is 6.02. The van der Waals surface area contributed by atoms with Gasteiger partial charge in [-0.15, -0.1) is 0 Å². The SMILES string of the molecule is CCCCCCCCCCCC(=O)ON=C(Cn1c2c(c(=O)n3nc(-c4ccccc4)cc13)CN(C1CCCCC1)C2=O)c1ccccc1. The van der Waals surface area contributed by atoms with Crippen LogP contribution < -0.4 is 5.56 Å². The number of carbonyl (C=O) groups excluding carboxylic acids is 2. The number of oxime groups is 1. The van der Waals surface area contributed by atoms with Gasteiger partial charge in [0.2, 0.25) is 0 Å². The Labute approximate surface area is 289 Å². The number of hydrogen-bond acceptors (Lipinski definition) is 6. The molecule has 1 saturated carbocycles. The zero-order chi connectivity index (χ0) is 34.0. The number of hydrogen-bond donors (Lipinski definition) is 0. The standard InChI is InChI=1S/C40H49N5O4/c1-2-3-4-5-6-7-8-9-19-26-37(46)49-42-35(31-22-15-11-16-23-31)29-44-36-27-34(30-20-13-10-14-21-30)41-45(36)39(47)33-28-43(40(48)38(33)44)32-24-17-12-18-25-32/h10-11,13-16,20-23,27,32H,2-9,12,17-19,24-26,28-29H2,1H3. The van der Waals surface area contributed by atoms with Crippen LogP contribution in [0.15, 0.2) is 76.7 Å². The largest absolute Gasteiger partial charge is 0.335 e. The Kier molecular flexibility index (Phi) is 11.7. The van der Waals surface area contributed by atoms with Crippen LogP contribution in [-0.4, -0.2) is 42.7 Å². The minimum Gasteiger partial charge on any atom is -0.330 e. The van der Waals surface area contributed by atoms with Crippen molar-refractivity contribution in [2.24, 2.45) is 5.16 Å². The molecular weight excluding hydrogens is 614 g/mol. The number of carbonyl (C=O) groups is 2. The molecule has 0 atom stereocenters. The van der Waals surface area contributed by atoms with E-state index in [0.717, 1.165) is 56.1 Å². The molecule has 0 spiro atoms. The first kappa shape index (κ1) is 34.3. The third kappa shape index (κ3) is 8.20. The number of benzene rings is 2. The van der Waals surface area contributed by atoms with Crippen molar-refractivity contribution in [2.45, 2.75) is 122 Å². The Morgan fingerprint density at radius 1 is 0.857 bits per heavy atom. The first-order chi connectivity index (χ1) is 24.0. The molecule has 3 heterocycles. The van der Waals surface area contributed by atoms with E-state index in [1.165, 1.54) is 49.5 Å². The molecule has 4 aromatic rings. The molecule has 6 rings (SSSR count). The van der Waals surface area contributed by atoms with Gasteiger partial charge in [0.15, 0.2) is 0 Å². The molecule has 2 aliphatic rings. The monoisotopic (exact) mass is 663 g/mol. The van der Waals surface area contributed by atoms with Crippen molar-refractivity contribution in [3.8, 4) is 11.3 Å². The first-order valence-corrected chi connectivity index (χ1v) is 18.4. The van der Waals surface area contributed by atoms with Crippen molar-refractivity contribution in [1.29, 1.82) is 0 Å². The van der Waals surface area contributed by atoms with Gasteiger partial charge in [-0.1, -0.05) is 143 Å². The van der Waals surface area contributed by atoms with Crippen LogP contribution in [0, 0.1) is 0 Å². The number of nitrogens with zero attached hydrogens (tertiary/aromatic N) is 5. The molecule has 258 valence electrons. The first-order valence-electron chi connectivity index (χ1n) is 18.4. The summed E-state index contributed by atoms with van der Waals surface area (Å²) >= 11 is 0. The van der Waals surface area contributed by atoms with Crippen LogP contribution >= 0.6 is 0 Å². The van der Waals surface area contributed by atoms with Crippen molar-refractivity contribution in [3.05, 3.63) is 93.9 Å². The van der Waals surface area contributed by atoms with Crippen molar-refractivity contribution in [1.82, 2.24) is 19.1 Å². The second-order valence-corrected chi connectivity index (χ2v) is 13.6. The topological polar surface area (TPSA) is 98.3 Å². The molecule has 0 unspecified atom stereocenters. The van der Waals surface area contributed by atoms with E-state index in [4.69, 9.17) is 9.94 Å². The van der Waals surface area contributed by atoms with Gasteiger partial charge >= 0.3 is 5.97 Å². The van der Waals surface area contributed by atoms with Crippen molar-refractivity contribution < 1.29 is 14.4 Å². The molecule has 49 heavy (non-hydrogen) atoms. The summed E-state index contributed by atoms with van der Waals surface area (Å²) in [7, 11) is 0. The van der Waals surface area contributed by atoms with Gasteiger partial charge in [-0.25, -0.2) is 4.79 Å². The van der Waals surface area contributed by atoms with E-state index in [2.05, 4.69) is 12.1 Å². The minimum atomic E-state index is -0.373. The number of fused-ring (bicyclic) bond motifs is 2. The van der Waals surface area contributed by atoms with Gasteiger partial charge in [-0.2, -0.15) is 9.61 Å². The molecular formula is C40H49N5O4. The Hall–Kier alpha value is -4.53. The van der Waals surface area contributed by atoms with E-state index in [0.29, 0.717) is 34.7 Å². The maximum absolute atomic E-state index is 14.2. The minimum absolute atomic E-state index is 0.109. The molecule has 2 aromatic heterocycles. The summed E-state index contributed by atoms with van der Waals surface area (Å²) in [5.41, 5.74) is 3.79. The Morgan fingerprint density at radius 3 is 2.20 bits per heavy atom. The molecule has 0 radical (unpaired) electrons. The maximum atomic E-state index is 14.2. The smallest absolute Gasteiger partial charge is 0.330 e. The predicted octanol–water partition coefficient (Wildman–Crippen LogP) is 8.32. The quantitative estimate of drug-likeness (QED) is 0.0520. The molecule has 0 bridgehead atoms. The van der Waals surface area contributed by atoms with Gasteiger partial charge < -0.3 is 14.3 Å². The average molecular weight is 664 g/mol. The summed E-state index contributed by atoms with van der Waals surface area (Å²) in [5.74, 6) is -0.513. The lowest BCUT2D eigenvalue weighted by atomic mass is 9.94. The maximum Gasteiger partial charge on any atom is 0.335 e. The molecule has 9 nitrogen and oxygen atoms in total. The number of rotatable bonds is 16. The second-order valence-electron chi connectivity index (χ2n) is 13.6. The lowest BCUT2D eigenvalue weighted by Crippen LogP contribution is -2.37. The summed E-state index contributed by atoms with van der Waals surface area (Å²) in [4.78, 5) is 48.5. The van der Waals surface area contributed by atoms with E-state index in [1.54, 1.807) is 0 Å². The van der Waals surface area contributed by atoms with Crippen LogP contribution in [0.2, 0.25) is 0 Å². The van der Waals surface area contributed by atoms with Gasteiger partial charge in [0.1, 0.15) is 17.1 Å². The molecule has 1 aliphatic carbocycles. The summed E-state index contributed by atoms with van der Waals surface area (Å²) < 4.78 is 3.26. The van der Waals surface area contributed by atoms with Crippen LogP contribution in [0.5, 0.6) is 0 Å². The third-order valence-corrected chi connectivity index (χ3v) is 10.0. The number of amides is 1. The van der Waals surface area contributed by atoms with Crippen molar-refractivity contribution >= 4 is 23.2 Å². The fourth-order valence-corrected chi connectivity index (χ4v) is 7.27. The van der Waals surface area contributed by atoms with Crippen LogP contribution in [0.1, 0.15) is 125 Å². The zero-order valence-corrected chi connectivity index (χ0v) is 28.8. The predicted molar refractivity (Wildman–Crippen MR) is 193 cm³/mol. The van der Waals surface area contributed by atoms with Gasteiger partial charge in [-0.05, 0) is 19.3 Å². The van der Waals surface area contributed by atoms with E-state index >= 15 is 0 Å². The Balaban J connectivity index is 1.28. The summed E-state index contributed by atoms with van der Waals surface area (Å²) in [6.45, 7) is 2.61. The zero-order valence-electron chi connectivity index (χ0n) is 28.8. The van der Waals surface area contributed by atoms with E-state index in [1.807, 2.05) is 76.2 Å². The van der Waals surface area contributed by atoms with E-state index in [9.17, 15) is 14.4 Å². The fourth-order valence-electron chi connectivity index (χ4n) is 7.27. The van der Waals surface area contributed by atoms with Gasteiger partial charge in [0.05, 0.1) is 24.3 Å². The van der Waals surface area contributed by atoms with Gasteiger partial charge in [-0.3, -0.25) is 9.59 Å². The normalized spacial score (nSPS) is 15.2. The Morgan fingerprint density at radius 2 is 1.51 bits per heavy atom. The third-order valence-electron chi connectivity index (χ3n) is 10.0. The van der Waals surface area contributed by atoms with Gasteiger partial charge in [0.25, 0.3) is 11.5 Å². The summed E-state index contributed by atoms with van der Waals surface area (Å²) in [6.07, 6.45) is 16.0. The lowest BCUT2D eigenvalue weighted by molar-refractivity contribution is -0.143. The van der Waals surface area contributed by atoms with Crippen LogP contribution in [-0.2, 0) is 22.7 Å². The molecule has 2 aromatic carbocycles. The van der Waals surface area contributed by atoms with Crippen molar-refractivity contribution in [3.63, 3.8) is 0 Å². The molecule has 0 saturated heterocycles. The summed E-state index contributed by atoms with van der Waals surface area (Å²) in [6, 6.07) is 21.2. The number of aromatic nitrogens is 3. The van der Waals surface area contributed by atoms with E-state index < -0.39 is 0 Å². The molecule has 1 fully saturated rings. The molecule has 1 amide bonds. The van der Waals surface area contributed by atoms with Crippen molar-refractivity contribution in [2.75, 3.05) is 0 Å². The average Bonchev–Trinajstić information content (AvgIpc) is 3.74. The second kappa shape index (κ2) is 16.7. The molecule has 1 aliphatic heterocycles. The van der Waals surface area contributed by atoms with Crippen LogP contribution in [0.4, 0.5) is 0 Å². The van der Waals surface area contributed by atoms with Crippen LogP contribution in [0.3, 0.4) is 0 Å². The Bertz CT molecular complexity index is 1810. The van der Waals surface area contributed by atoms with Crippen LogP contribution in [0.25, 0.3) is 16.9 Å². The highest BCUT2D eigenvalue weighted by Gasteiger charge is 2.39. The summed E-state index contributed by atoms with van der Waals surface area (Å²) in [5, 5.41) is 9.15. The highest BCUT2D eigenvalue weighted by Crippen LogP contribution is 2.31. The van der Waals surface area contributed by atoms with Gasteiger partial charge in [0, 0.05) is 29.7 Å².